The second kappa shape index (κ2) is 8.35. The van der Waals surface area contributed by atoms with Crippen LogP contribution in [0.15, 0.2) is 60.9 Å². The van der Waals surface area contributed by atoms with Gasteiger partial charge in [0.25, 0.3) is 0 Å². The Kier molecular flexibility index (Phi) is 5.48. The Labute approximate surface area is 169 Å². The number of methoxy groups -OCH3 is 1. The highest BCUT2D eigenvalue weighted by Crippen LogP contribution is 2.24. The topological polar surface area (TPSA) is 53.5 Å². The molecule has 144 valence electrons. The van der Waals surface area contributed by atoms with Crippen LogP contribution in [0.25, 0.3) is 0 Å². The fraction of sp³-hybridized carbons (Fsp3) is 0.238. The lowest BCUT2D eigenvalue weighted by Crippen LogP contribution is -2.46. The molecule has 0 bridgehead atoms. The fourth-order valence-electron chi connectivity index (χ4n) is 3.29. The molecule has 1 aromatic heterocycles. The van der Waals surface area contributed by atoms with Crippen LogP contribution in [0.3, 0.4) is 0 Å². The Morgan fingerprint density at radius 2 is 1.68 bits per heavy atom. The van der Waals surface area contributed by atoms with Crippen LogP contribution >= 0.6 is 11.6 Å². The van der Waals surface area contributed by atoms with Gasteiger partial charge in [-0.3, -0.25) is 0 Å². The van der Waals surface area contributed by atoms with Crippen molar-refractivity contribution < 1.29 is 4.74 Å². The molecular weight excluding hydrogens is 374 g/mol. The van der Waals surface area contributed by atoms with E-state index in [9.17, 15) is 0 Å². The lowest BCUT2D eigenvalue weighted by Gasteiger charge is -2.36. The number of rotatable bonds is 5. The molecule has 0 saturated carbocycles. The van der Waals surface area contributed by atoms with Crippen molar-refractivity contribution in [3.05, 3.63) is 65.9 Å². The van der Waals surface area contributed by atoms with Crippen molar-refractivity contribution in [1.82, 2.24) is 9.97 Å². The molecule has 4 rings (SSSR count). The van der Waals surface area contributed by atoms with Crippen molar-refractivity contribution in [3.63, 3.8) is 0 Å². The summed E-state index contributed by atoms with van der Waals surface area (Å²) < 4.78 is 5.24. The van der Waals surface area contributed by atoms with E-state index in [0.717, 1.165) is 49.3 Å². The van der Waals surface area contributed by atoms with Gasteiger partial charge in [-0.15, -0.1) is 0 Å². The van der Waals surface area contributed by atoms with Crippen LogP contribution in [0, 0.1) is 0 Å². The van der Waals surface area contributed by atoms with Crippen molar-refractivity contribution in [2.75, 3.05) is 48.4 Å². The molecule has 6 nitrogen and oxygen atoms in total. The second-order valence-corrected chi connectivity index (χ2v) is 7.01. The summed E-state index contributed by atoms with van der Waals surface area (Å²) in [6.45, 7) is 3.68. The zero-order valence-corrected chi connectivity index (χ0v) is 16.4. The van der Waals surface area contributed by atoms with Gasteiger partial charge >= 0.3 is 0 Å². The van der Waals surface area contributed by atoms with Crippen LogP contribution in [0.1, 0.15) is 0 Å². The molecule has 0 aliphatic carbocycles. The largest absolute Gasteiger partial charge is 0.497 e. The maximum absolute atomic E-state index is 6.05. The Hall–Kier alpha value is -2.99. The van der Waals surface area contributed by atoms with Gasteiger partial charge < -0.3 is 19.9 Å². The number of halogens is 1. The number of nitrogens with zero attached hydrogens (tertiary/aromatic N) is 4. The predicted octanol–water partition coefficient (Wildman–Crippen LogP) is 4.21. The van der Waals surface area contributed by atoms with Crippen LogP contribution in [0.5, 0.6) is 5.75 Å². The minimum absolute atomic E-state index is 0.689. The third kappa shape index (κ3) is 4.28. The van der Waals surface area contributed by atoms with Gasteiger partial charge in [-0.2, -0.15) is 0 Å². The maximum Gasteiger partial charge on any atom is 0.135 e. The van der Waals surface area contributed by atoms with Crippen LogP contribution in [0.4, 0.5) is 23.0 Å². The fourth-order valence-corrected chi connectivity index (χ4v) is 3.48. The molecule has 1 N–H and O–H groups in total. The number of hydrogen-bond acceptors (Lipinski definition) is 6. The summed E-state index contributed by atoms with van der Waals surface area (Å²) in [5, 5.41) is 3.97. The Balaban J connectivity index is 1.40. The van der Waals surface area contributed by atoms with Crippen LogP contribution in [0.2, 0.25) is 5.02 Å². The minimum Gasteiger partial charge on any atom is -0.497 e. The first-order valence-electron chi connectivity index (χ1n) is 9.20. The Bertz CT molecular complexity index is 926. The molecule has 3 aromatic rings. The summed E-state index contributed by atoms with van der Waals surface area (Å²) in [5.74, 6) is 2.56. The molecule has 0 atom stereocenters. The molecule has 1 saturated heterocycles. The van der Waals surface area contributed by atoms with Gasteiger partial charge in [-0.05, 0) is 42.5 Å². The zero-order valence-electron chi connectivity index (χ0n) is 15.7. The molecule has 2 aromatic carbocycles. The number of hydrogen-bond donors (Lipinski definition) is 1. The zero-order chi connectivity index (χ0) is 19.3. The number of aromatic nitrogens is 2. The highest BCUT2D eigenvalue weighted by Gasteiger charge is 2.19. The van der Waals surface area contributed by atoms with Crippen molar-refractivity contribution >= 4 is 34.6 Å². The molecule has 0 spiro atoms. The van der Waals surface area contributed by atoms with Gasteiger partial charge in [-0.1, -0.05) is 17.7 Å². The smallest absolute Gasteiger partial charge is 0.135 e. The average Bonchev–Trinajstić information content (AvgIpc) is 2.74. The Morgan fingerprint density at radius 1 is 0.929 bits per heavy atom. The lowest BCUT2D eigenvalue weighted by atomic mass is 10.2. The highest BCUT2D eigenvalue weighted by atomic mass is 35.5. The number of benzene rings is 2. The van der Waals surface area contributed by atoms with Gasteiger partial charge in [0.1, 0.15) is 23.7 Å². The molecule has 1 aliphatic rings. The van der Waals surface area contributed by atoms with Gasteiger partial charge in [0.15, 0.2) is 0 Å². The molecule has 1 fully saturated rings. The van der Waals surface area contributed by atoms with Crippen LogP contribution < -0.4 is 19.9 Å². The molecule has 28 heavy (non-hydrogen) atoms. The van der Waals surface area contributed by atoms with Gasteiger partial charge in [0, 0.05) is 48.6 Å². The number of anilines is 4. The van der Waals surface area contributed by atoms with Crippen molar-refractivity contribution in [2.24, 2.45) is 0 Å². The summed E-state index contributed by atoms with van der Waals surface area (Å²) in [6, 6.07) is 17.8. The normalized spacial score (nSPS) is 14.1. The summed E-state index contributed by atoms with van der Waals surface area (Å²) in [7, 11) is 1.69. The van der Waals surface area contributed by atoms with E-state index in [1.54, 1.807) is 13.4 Å². The molecule has 7 heteroatoms. The first kappa shape index (κ1) is 18.4. The van der Waals surface area contributed by atoms with E-state index < -0.39 is 0 Å². The molecule has 0 radical (unpaired) electrons. The average molecular weight is 396 g/mol. The van der Waals surface area contributed by atoms with E-state index in [-0.39, 0.29) is 0 Å². The molecule has 0 unspecified atom stereocenters. The molecule has 1 aliphatic heterocycles. The van der Waals surface area contributed by atoms with Crippen molar-refractivity contribution in [1.29, 1.82) is 0 Å². The maximum atomic E-state index is 6.05. The van der Waals surface area contributed by atoms with Crippen LogP contribution in [-0.2, 0) is 0 Å². The quantitative estimate of drug-likeness (QED) is 0.698. The van der Waals surface area contributed by atoms with E-state index in [1.165, 1.54) is 5.69 Å². The molecule has 0 amide bonds. The SMILES string of the molecule is COc1ccc(N2CCN(c3cc(Nc4cccc(Cl)c4)ncn3)CC2)cc1. The number of nitrogens with one attached hydrogen (secondary N) is 1. The third-order valence-corrected chi connectivity index (χ3v) is 5.03. The first-order valence-corrected chi connectivity index (χ1v) is 9.58. The summed E-state index contributed by atoms with van der Waals surface area (Å²) in [4.78, 5) is 13.4. The van der Waals surface area contributed by atoms with Gasteiger partial charge in [-0.25, -0.2) is 9.97 Å². The van der Waals surface area contributed by atoms with Crippen LogP contribution in [-0.4, -0.2) is 43.3 Å². The second-order valence-electron chi connectivity index (χ2n) is 6.57. The van der Waals surface area contributed by atoms with Gasteiger partial charge in [0.2, 0.25) is 0 Å². The van der Waals surface area contributed by atoms with E-state index in [2.05, 4.69) is 37.2 Å². The summed E-state index contributed by atoms with van der Waals surface area (Å²) in [6.07, 6.45) is 1.60. The Morgan fingerprint density at radius 3 is 2.39 bits per heavy atom. The van der Waals surface area contributed by atoms with E-state index in [4.69, 9.17) is 16.3 Å². The first-order chi connectivity index (χ1) is 13.7. The highest BCUT2D eigenvalue weighted by molar-refractivity contribution is 6.30. The summed E-state index contributed by atoms with van der Waals surface area (Å²) >= 11 is 6.05. The molecular formula is C21H22ClN5O. The van der Waals surface area contributed by atoms with Crippen molar-refractivity contribution in [3.8, 4) is 5.75 Å². The van der Waals surface area contributed by atoms with E-state index in [1.807, 2.05) is 42.5 Å². The predicted molar refractivity (Wildman–Crippen MR) is 114 cm³/mol. The van der Waals surface area contributed by atoms with E-state index in [0.29, 0.717) is 5.02 Å². The summed E-state index contributed by atoms with van der Waals surface area (Å²) in [5.41, 5.74) is 2.12. The minimum atomic E-state index is 0.689. The monoisotopic (exact) mass is 395 g/mol. The molecule has 2 heterocycles. The number of piperazine rings is 1. The third-order valence-electron chi connectivity index (χ3n) is 4.79. The standard InChI is InChI=1S/C21H22ClN5O/c1-28-19-7-5-18(6-8-19)26-9-11-27(12-10-26)21-14-20(23-15-24-21)25-17-4-2-3-16(22)13-17/h2-8,13-15H,9-12H2,1H3,(H,23,24,25). The van der Waals surface area contributed by atoms with E-state index >= 15 is 0 Å². The van der Waals surface area contributed by atoms with Gasteiger partial charge in [0.05, 0.1) is 7.11 Å². The lowest BCUT2D eigenvalue weighted by molar-refractivity contribution is 0.415. The van der Waals surface area contributed by atoms with Crippen molar-refractivity contribution in [2.45, 2.75) is 0 Å². The number of ether oxygens (including phenoxy) is 1.